The third-order valence-corrected chi connectivity index (χ3v) is 5.76. The highest BCUT2D eigenvalue weighted by Crippen LogP contribution is 2.42. The molecule has 3 aromatic rings. The summed E-state index contributed by atoms with van der Waals surface area (Å²) in [5.74, 6) is 0.689. The van der Waals surface area contributed by atoms with Gasteiger partial charge >= 0.3 is 0 Å². The summed E-state index contributed by atoms with van der Waals surface area (Å²) in [4.78, 5) is 26.3. The van der Waals surface area contributed by atoms with Gasteiger partial charge in [-0.3, -0.25) is 9.59 Å². The minimum Gasteiger partial charge on any atom is -0.457 e. The first-order chi connectivity index (χ1) is 13.5. The van der Waals surface area contributed by atoms with Crippen molar-refractivity contribution in [3.05, 3.63) is 78.9 Å². The summed E-state index contributed by atoms with van der Waals surface area (Å²) in [6.45, 7) is 1.63. The maximum absolute atomic E-state index is 12.9. The number of thioether (sulfide) groups is 1. The van der Waals surface area contributed by atoms with Crippen molar-refractivity contribution in [1.82, 2.24) is 0 Å². The third kappa shape index (κ3) is 3.59. The molecule has 1 aliphatic heterocycles. The predicted molar refractivity (Wildman–Crippen MR) is 111 cm³/mol. The molecule has 4 rings (SSSR count). The van der Waals surface area contributed by atoms with Crippen LogP contribution in [0.15, 0.2) is 83.8 Å². The maximum atomic E-state index is 12.9. The van der Waals surface area contributed by atoms with Gasteiger partial charge in [-0.2, -0.15) is 0 Å². The first kappa shape index (κ1) is 18.1. The predicted octanol–water partition coefficient (Wildman–Crippen LogP) is 4.92. The van der Waals surface area contributed by atoms with Crippen LogP contribution in [0.4, 0.5) is 11.4 Å². The molecule has 140 valence electrons. The van der Waals surface area contributed by atoms with E-state index in [2.05, 4.69) is 10.6 Å². The van der Waals surface area contributed by atoms with E-state index in [4.69, 9.17) is 4.74 Å². The molecule has 28 heavy (non-hydrogen) atoms. The summed E-state index contributed by atoms with van der Waals surface area (Å²) in [6, 6.07) is 23.9. The zero-order chi connectivity index (χ0) is 19.6. The molecule has 0 bridgehead atoms. The Morgan fingerprint density at radius 2 is 1.57 bits per heavy atom. The Kier molecular flexibility index (Phi) is 4.79. The summed E-state index contributed by atoms with van der Waals surface area (Å²) in [5, 5.41) is 5.64. The number of ether oxygens (including phenoxy) is 1. The lowest BCUT2D eigenvalue weighted by Gasteiger charge is -2.31. The zero-order valence-electron chi connectivity index (χ0n) is 15.1. The number of anilines is 2. The van der Waals surface area contributed by atoms with E-state index in [1.807, 2.05) is 54.6 Å². The number of hydrogen-bond donors (Lipinski definition) is 2. The van der Waals surface area contributed by atoms with Gasteiger partial charge in [0.05, 0.1) is 5.69 Å². The molecule has 0 fully saturated rings. The van der Waals surface area contributed by atoms with Crippen molar-refractivity contribution in [2.45, 2.75) is 16.6 Å². The monoisotopic (exact) mass is 390 g/mol. The van der Waals surface area contributed by atoms with E-state index in [9.17, 15) is 9.59 Å². The topological polar surface area (TPSA) is 67.4 Å². The summed E-state index contributed by atoms with van der Waals surface area (Å²) in [7, 11) is 0. The standard InChI is InChI=1S/C22H18N2O3S/c1-22(21(26)24-18-9-5-6-10-19(18)28-22)20(25)23-15-11-13-17(14-12-15)27-16-7-3-2-4-8-16/h2-14H,1H3,(H,23,25)(H,24,26). The molecule has 0 aliphatic carbocycles. The summed E-state index contributed by atoms with van der Waals surface area (Å²) >= 11 is 1.25. The Hall–Kier alpha value is -3.25. The lowest BCUT2D eigenvalue weighted by atomic mass is 10.1. The highest BCUT2D eigenvalue weighted by Gasteiger charge is 2.45. The highest BCUT2D eigenvalue weighted by molar-refractivity contribution is 8.02. The number of rotatable bonds is 4. The molecule has 0 saturated carbocycles. The lowest BCUT2D eigenvalue weighted by Crippen LogP contribution is -2.49. The molecule has 0 spiro atoms. The fraction of sp³-hybridized carbons (Fsp3) is 0.0909. The van der Waals surface area contributed by atoms with Crippen LogP contribution < -0.4 is 15.4 Å². The first-order valence-corrected chi connectivity index (χ1v) is 9.60. The van der Waals surface area contributed by atoms with Gasteiger partial charge in [0.1, 0.15) is 11.5 Å². The smallest absolute Gasteiger partial charge is 0.250 e. The zero-order valence-corrected chi connectivity index (χ0v) is 16.0. The SMILES string of the molecule is CC1(C(=O)Nc2ccc(Oc3ccccc3)cc2)Sc2ccccc2NC1=O. The van der Waals surface area contributed by atoms with Gasteiger partial charge in [-0.05, 0) is 55.5 Å². The number of carbonyl (C=O) groups is 2. The maximum Gasteiger partial charge on any atom is 0.250 e. The number of benzene rings is 3. The van der Waals surface area contributed by atoms with Gasteiger partial charge < -0.3 is 15.4 Å². The Morgan fingerprint density at radius 3 is 2.32 bits per heavy atom. The van der Waals surface area contributed by atoms with Crippen molar-refractivity contribution >= 4 is 35.0 Å². The molecular formula is C22H18N2O3S. The fourth-order valence-corrected chi connectivity index (χ4v) is 3.90. The van der Waals surface area contributed by atoms with Crippen molar-refractivity contribution in [1.29, 1.82) is 0 Å². The van der Waals surface area contributed by atoms with Gasteiger partial charge in [0.25, 0.3) is 0 Å². The van der Waals surface area contributed by atoms with Gasteiger partial charge in [0.15, 0.2) is 4.75 Å². The lowest BCUT2D eigenvalue weighted by molar-refractivity contribution is -0.126. The number of para-hydroxylation sites is 2. The van der Waals surface area contributed by atoms with Gasteiger partial charge in [-0.15, -0.1) is 0 Å². The first-order valence-electron chi connectivity index (χ1n) is 8.78. The highest BCUT2D eigenvalue weighted by atomic mass is 32.2. The Morgan fingerprint density at radius 1 is 0.929 bits per heavy atom. The molecule has 2 N–H and O–H groups in total. The number of hydrogen-bond acceptors (Lipinski definition) is 4. The van der Waals surface area contributed by atoms with E-state index in [1.165, 1.54) is 11.8 Å². The molecule has 0 radical (unpaired) electrons. The molecule has 6 heteroatoms. The Bertz CT molecular complexity index is 1020. The molecule has 1 heterocycles. The second-order valence-corrected chi connectivity index (χ2v) is 7.94. The van der Waals surface area contributed by atoms with Crippen molar-refractivity contribution in [3.8, 4) is 11.5 Å². The van der Waals surface area contributed by atoms with Crippen LogP contribution in [0.1, 0.15) is 6.92 Å². The largest absolute Gasteiger partial charge is 0.457 e. The van der Waals surface area contributed by atoms with Crippen LogP contribution in [0.5, 0.6) is 11.5 Å². The Labute approximate surface area is 167 Å². The van der Waals surface area contributed by atoms with Gasteiger partial charge in [0, 0.05) is 10.6 Å². The minimum atomic E-state index is -1.26. The molecule has 0 saturated heterocycles. The second kappa shape index (κ2) is 7.40. The average Bonchev–Trinajstić information content (AvgIpc) is 2.71. The van der Waals surface area contributed by atoms with Gasteiger partial charge in [0.2, 0.25) is 11.8 Å². The number of fused-ring (bicyclic) bond motifs is 1. The van der Waals surface area contributed by atoms with E-state index in [1.54, 1.807) is 31.2 Å². The molecule has 5 nitrogen and oxygen atoms in total. The quantitative estimate of drug-likeness (QED) is 0.621. The molecule has 2 amide bonds. The fourth-order valence-electron chi connectivity index (χ4n) is 2.80. The number of amides is 2. The summed E-state index contributed by atoms with van der Waals surface area (Å²) in [5.41, 5.74) is 1.32. The molecular weight excluding hydrogens is 372 g/mol. The summed E-state index contributed by atoms with van der Waals surface area (Å²) < 4.78 is 4.49. The van der Waals surface area contributed by atoms with E-state index in [0.29, 0.717) is 11.4 Å². The molecule has 1 atom stereocenters. The van der Waals surface area contributed by atoms with Crippen LogP contribution in [0, 0.1) is 0 Å². The van der Waals surface area contributed by atoms with Gasteiger partial charge in [-0.1, -0.05) is 42.1 Å². The molecule has 1 aliphatic rings. The van der Waals surface area contributed by atoms with Crippen molar-refractivity contribution < 1.29 is 14.3 Å². The molecule has 1 unspecified atom stereocenters. The Balaban J connectivity index is 1.47. The normalized spacial score (nSPS) is 18.0. The van der Waals surface area contributed by atoms with Crippen LogP contribution in [0.2, 0.25) is 0 Å². The second-order valence-electron chi connectivity index (χ2n) is 6.48. The van der Waals surface area contributed by atoms with Crippen LogP contribution in [0.25, 0.3) is 0 Å². The van der Waals surface area contributed by atoms with Crippen LogP contribution in [-0.2, 0) is 9.59 Å². The van der Waals surface area contributed by atoms with E-state index < -0.39 is 4.75 Å². The van der Waals surface area contributed by atoms with E-state index in [0.717, 1.165) is 16.3 Å². The third-order valence-electron chi connectivity index (χ3n) is 4.41. The van der Waals surface area contributed by atoms with Crippen molar-refractivity contribution in [2.24, 2.45) is 0 Å². The van der Waals surface area contributed by atoms with Crippen molar-refractivity contribution in [3.63, 3.8) is 0 Å². The number of nitrogens with one attached hydrogen (secondary N) is 2. The van der Waals surface area contributed by atoms with Crippen LogP contribution in [0.3, 0.4) is 0 Å². The number of carbonyl (C=O) groups excluding carboxylic acids is 2. The molecule has 0 aromatic heterocycles. The van der Waals surface area contributed by atoms with Crippen LogP contribution in [-0.4, -0.2) is 16.6 Å². The molecule has 3 aromatic carbocycles. The minimum absolute atomic E-state index is 0.335. The van der Waals surface area contributed by atoms with Crippen LogP contribution >= 0.6 is 11.8 Å². The van der Waals surface area contributed by atoms with Gasteiger partial charge in [-0.25, -0.2) is 0 Å². The average molecular weight is 390 g/mol. The van der Waals surface area contributed by atoms with Crippen molar-refractivity contribution in [2.75, 3.05) is 10.6 Å². The summed E-state index contributed by atoms with van der Waals surface area (Å²) in [6.07, 6.45) is 0. The van der Waals surface area contributed by atoms with E-state index in [-0.39, 0.29) is 11.8 Å². The van der Waals surface area contributed by atoms with E-state index >= 15 is 0 Å².